The smallest absolute Gasteiger partial charge is 0.161 e. The maximum absolute atomic E-state index is 6.09. The predicted molar refractivity (Wildman–Crippen MR) is 91.7 cm³/mol. The molecule has 0 saturated heterocycles. The van der Waals surface area contributed by atoms with E-state index in [0.29, 0.717) is 6.61 Å². The topological polar surface area (TPSA) is 50.7 Å². The number of ether oxygens (including phenoxy) is 2. The van der Waals surface area contributed by atoms with E-state index in [1.54, 1.807) is 6.33 Å². The number of benzene rings is 1. The minimum absolute atomic E-state index is 0.0499. The van der Waals surface area contributed by atoms with Crippen LogP contribution < -0.4 is 14.4 Å². The highest BCUT2D eigenvalue weighted by molar-refractivity contribution is 5.48. The van der Waals surface area contributed by atoms with Crippen LogP contribution in [0.3, 0.4) is 0 Å². The van der Waals surface area contributed by atoms with Gasteiger partial charge in [-0.3, -0.25) is 4.90 Å². The van der Waals surface area contributed by atoms with E-state index in [4.69, 9.17) is 9.47 Å². The summed E-state index contributed by atoms with van der Waals surface area (Å²) in [6, 6.07) is 7.85. The lowest BCUT2D eigenvalue weighted by molar-refractivity contribution is 0.0547. The van der Waals surface area contributed by atoms with Crippen LogP contribution in [0.15, 0.2) is 30.6 Å². The molecule has 2 aliphatic rings. The van der Waals surface area contributed by atoms with E-state index in [1.807, 2.05) is 38.4 Å². The van der Waals surface area contributed by atoms with Gasteiger partial charge < -0.3 is 14.4 Å². The number of hydrogen-bond acceptors (Lipinski definition) is 6. The Bertz CT molecular complexity index is 735. The Balaban J connectivity index is 1.46. The van der Waals surface area contributed by atoms with Crippen LogP contribution >= 0.6 is 0 Å². The van der Waals surface area contributed by atoms with Gasteiger partial charge in [0, 0.05) is 45.7 Å². The first kappa shape index (κ1) is 15.2. The lowest BCUT2D eigenvalue weighted by atomic mass is 10.1. The summed E-state index contributed by atoms with van der Waals surface area (Å²) in [4.78, 5) is 13.3. The summed E-state index contributed by atoms with van der Waals surface area (Å²) in [7, 11) is 4.05. The lowest BCUT2D eigenvalue weighted by Gasteiger charge is -2.34. The summed E-state index contributed by atoms with van der Waals surface area (Å²) in [5.41, 5.74) is 2.39. The molecule has 0 bridgehead atoms. The molecule has 1 aromatic carbocycles. The molecule has 4 rings (SSSR count). The van der Waals surface area contributed by atoms with Crippen LogP contribution in [0.25, 0.3) is 0 Å². The third-order valence-corrected chi connectivity index (χ3v) is 4.51. The third-order valence-electron chi connectivity index (χ3n) is 4.51. The van der Waals surface area contributed by atoms with Crippen molar-refractivity contribution in [2.75, 3.05) is 38.7 Å². The van der Waals surface area contributed by atoms with Crippen LogP contribution in [-0.4, -0.2) is 54.8 Å². The van der Waals surface area contributed by atoms with Gasteiger partial charge in [0.25, 0.3) is 0 Å². The highest BCUT2D eigenvalue weighted by Crippen LogP contribution is 2.31. The summed E-state index contributed by atoms with van der Waals surface area (Å²) < 4.78 is 11.9. The van der Waals surface area contributed by atoms with Crippen molar-refractivity contribution in [2.24, 2.45) is 0 Å². The minimum atomic E-state index is 0.0499. The quantitative estimate of drug-likeness (QED) is 0.856. The van der Waals surface area contributed by atoms with Crippen LogP contribution in [0, 0.1) is 0 Å². The standard InChI is InChI=1S/C18H22N4O2/c1-21(2)18-14-10-22(8-7-15(14)19-12-20-18)9-13-11-23-16-5-3-4-6-17(16)24-13/h3-6,12-13H,7-11H2,1-2H3. The van der Waals surface area contributed by atoms with Gasteiger partial charge in [-0.1, -0.05) is 12.1 Å². The van der Waals surface area contributed by atoms with Crippen molar-refractivity contribution < 1.29 is 9.47 Å². The van der Waals surface area contributed by atoms with Gasteiger partial charge in [-0.2, -0.15) is 0 Å². The van der Waals surface area contributed by atoms with Gasteiger partial charge in [-0.05, 0) is 12.1 Å². The SMILES string of the molecule is CN(C)c1ncnc2c1CN(CC1COc3ccccc3O1)CC2. The molecule has 0 N–H and O–H groups in total. The fraction of sp³-hybridized carbons (Fsp3) is 0.444. The zero-order valence-electron chi connectivity index (χ0n) is 14.1. The van der Waals surface area contributed by atoms with Crippen molar-refractivity contribution in [3.63, 3.8) is 0 Å². The van der Waals surface area contributed by atoms with Gasteiger partial charge in [0.05, 0.1) is 5.69 Å². The fourth-order valence-electron chi connectivity index (χ4n) is 3.36. The van der Waals surface area contributed by atoms with Crippen molar-refractivity contribution in [1.29, 1.82) is 0 Å². The van der Waals surface area contributed by atoms with E-state index in [1.165, 1.54) is 5.56 Å². The van der Waals surface area contributed by atoms with E-state index in [0.717, 1.165) is 49.1 Å². The number of aromatic nitrogens is 2. The van der Waals surface area contributed by atoms with Gasteiger partial charge in [0.1, 0.15) is 24.9 Å². The van der Waals surface area contributed by atoms with E-state index in [-0.39, 0.29) is 6.10 Å². The highest BCUT2D eigenvalue weighted by atomic mass is 16.6. The number of para-hydroxylation sites is 2. The van der Waals surface area contributed by atoms with Crippen LogP contribution in [0.2, 0.25) is 0 Å². The zero-order valence-corrected chi connectivity index (χ0v) is 14.1. The summed E-state index contributed by atoms with van der Waals surface area (Å²) in [6.45, 7) is 3.27. The van der Waals surface area contributed by atoms with E-state index in [9.17, 15) is 0 Å². The molecule has 6 nitrogen and oxygen atoms in total. The average molecular weight is 326 g/mol. The van der Waals surface area contributed by atoms with Crippen molar-refractivity contribution in [1.82, 2.24) is 14.9 Å². The largest absolute Gasteiger partial charge is 0.486 e. The normalized spacial score (nSPS) is 19.7. The Morgan fingerprint density at radius 2 is 2.04 bits per heavy atom. The summed E-state index contributed by atoms with van der Waals surface area (Å²) in [6.07, 6.45) is 2.66. The number of nitrogens with zero attached hydrogens (tertiary/aromatic N) is 4. The number of hydrogen-bond donors (Lipinski definition) is 0. The monoisotopic (exact) mass is 326 g/mol. The van der Waals surface area contributed by atoms with E-state index < -0.39 is 0 Å². The molecule has 0 aliphatic carbocycles. The molecule has 1 atom stereocenters. The molecular formula is C18H22N4O2. The minimum Gasteiger partial charge on any atom is -0.486 e. The van der Waals surface area contributed by atoms with Gasteiger partial charge in [0.2, 0.25) is 0 Å². The second-order valence-corrected chi connectivity index (χ2v) is 6.50. The first-order valence-electron chi connectivity index (χ1n) is 8.31. The molecule has 126 valence electrons. The first-order chi connectivity index (χ1) is 11.7. The fourth-order valence-corrected chi connectivity index (χ4v) is 3.36. The molecule has 1 aromatic heterocycles. The Hall–Kier alpha value is -2.34. The Morgan fingerprint density at radius 3 is 2.88 bits per heavy atom. The van der Waals surface area contributed by atoms with E-state index in [2.05, 4.69) is 19.8 Å². The average Bonchev–Trinajstić information content (AvgIpc) is 2.61. The molecule has 0 radical (unpaired) electrons. The maximum Gasteiger partial charge on any atom is 0.161 e. The number of fused-ring (bicyclic) bond motifs is 2. The van der Waals surface area contributed by atoms with Crippen LogP contribution in [-0.2, 0) is 13.0 Å². The van der Waals surface area contributed by atoms with Crippen molar-refractivity contribution >= 4 is 5.82 Å². The molecule has 0 fully saturated rings. The molecular weight excluding hydrogens is 304 g/mol. The van der Waals surface area contributed by atoms with Gasteiger partial charge in [-0.25, -0.2) is 9.97 Å². The predicted octanol–water partition coefficient (Wildman–Crippen LogP) is 1.74. The molecule has 2 aliphatic heterocycles. The summed E-state index contributed by atoms with van der Waals surface area (Å²) in [5.74, 6) is 2.68. The number of anilines is 1. The second kappa shape index (κ2) is 6.28. The second-order valence-electron chi connectivity index (χ2n) is 6.50. The van der Waals surface area contributed by atoms with Gasteiger partial charge >= 0.3 is 0 Å². The molecule has 0 saturated carbocycles. The lowest BCUT2D eigenvalue weighted by Crippen LogP contribution is -2.43. The van der Waals surface area contributed by atoms with Crippen LogP contribution in [0.5, 0.6) is 11.5 Å². The molecule has 0 spiro atoms. The molecule has 2 aromatic rings. The zero-order chi connectivity index (χ0) is 16.5. The Morgan fingerprint density at radius 1 is 1.21 bits per heavy atom. The Kier molecular flexibility index (Phi) is 3.98. The third kappa shape index (κ3) is 2.89. The van der Waals surface area contributed by atoms with E-state index >= 15 is 0 Å². The highest BCUT2D eigenvalue weighted by Gasteiger charge is 2.27. The first-order valence-corrected chi connectivity index (χ1v) is 8.31. The van der Waals surface area contributed by atoms with Crippen molar-refractivity contribution in [3.05, 3.63) is 41.9 Å². The summed E-state index contributed by atoms with van der Waals surface area (Å²) in [5, 5.41) is 0. The van der Waals surface area contributed by atoms with Gasteiger partial charge in [-0.15, -0.1) is 0 Å². The molecule has 0 amide bonds. The van der Waals surface area contributed by atoms with Crippen molar-refractivity contribution in [3.8, 4) is 11.5 Å². The molecule has 3 heterocycles. The van der Waals surface area contributed by atoms with Crippen LogP contribution in [0.4, 0.5) is 5.82 Å². The number of rotatable bonds is 3. The van der Waals surface area contributed by atoms with Gasteiger partial charge in [0.15, 0.2) is 11.5 Å². The molecule has 1 unspecified atom stereocenters. The van der Waals surface area contributed by atoms with Crippen LogP contribution in [0.1, 0.15) is 11.3 Å². The molecule has 24 heavy (non-hydrogen) atoms. The maximum atomic E-state index is 6.09. The Labute approximate surface area is 142 Å². The summed E-state index contributed by atoms with van der Waals surface area (Å²) >= 11 is 0. The molecule has 6 heteroatoms. The van der Waals surface area contributed by atoms with Crippen molar-refractivity contribution in [2.45, 2.75) is 19.1 Å².